The number of ketones is 1. The predicted octanol–water partition coefficient (Wildman–Crippen LogP) is 5.89. The summed E-state index contributed by atoms with van der Waals surface area (Å²) in [5.41, 5.74) is 0.581. The van der Waals surface area contributed by atoms with Gasteiger partial charge >= 0.3 is 6.18 Å². The van der Waals surface area contributed by atoms with Crippen molar-refractivity contribution in [2.45, 2.75) is 62.8 Å². The second-order valence-corrected chi connectivity index (χ2v) is 12.6. The fraction of sp³-hybridized carbons (Fsp3) is 0.353. The summed E-state index contributed by atoms with van der Waals surface area (Å²) < 4.78 is 45.4. The molecule has 250 valence electrons. The molecule has 0 saturated heterocycles. The van der Waals surface area contributed by atoms with Crippen molar-refractivity contribution >= 4 is 46.7 Å². The molecule has 3 amide bonds. The van der Waals surface area contributed by atoms with E-state index < -0.39 is 59.1 Å². The molecule has 1 fully saturated rings. The van der Waals surface area contributed by atoms with Crippen LogP contribution in [0.1, 0.15) is 49.4 Å². The van der Waals surface area contributed by atoms with E-state index in [1.165, 1.54) is 45.2 Å². The molecule has 3 atom stereocenters. The molecule has 1 aliphatic carbocycles. The Bertz CT molecular complexity index is 1630. The molecule has 3 aromatic carbocycles. The lowest BCUT2D eigenvalue weighted by atomic mass is 9.94. The summed E-state index contributed by atoms with van der Waals surface area (Å²) in [6.45, 7) is 2.72. The minimum Gasteiger partial charge on any atom is -0.497 e. The second-order valence-electron chi connectivity index (χ2n) is 11.8. The van der Waals surface area contributed by atoms with Crippen LogP contribution >= 0.6 is 23.2 Å². The summed E-state index contributed by atoms with van der Waals surface area (Å²) in [6, 6.07) is 14.8. The molecular weight excluding hydrogens is 658 g/mol. The molecule has 0 bridgehead atoms. The van der Waals surface area contributed by atoms with Gasteiger partial charge in [-0.25, -0.2) is 0 Å². The van der Waals surface area contributed by atoms with E-state index >= 15 is 0 Å². The Morgan fingerprint density at radius 2 is 1.47 bits per heavy atom. The van der Waals surface area contributed by atoms with E-state index in [1.807, 2.05) is 0 Å². The van der Waals surface area contributed by atoms with E-state index in [4.69, 9.17) is 27.9 Å². The number of hydrogen-bond acceptors (Lipinski definition) is 5. The zero-order valence-corrected chi connectivity index (χ0v) is 27.3. The van der Waals surface area contributed by atoms with Crippen LogP contribution in [-0.4, -0.2) is 48.9 Å². The van der Waals surface area contributed by atoms with Crippen LogP contribution in [0.5, 0.6) is 5.75 Å². The summed E-state index contributed by atoms with van der Waals surface area (Å²) in [6.07, 6.45) is -4.19. The summed E-state index contributed by atoms with van der Waals surface area (Å²) in [5, 5.41) is 8.46. The van der Waals surface area contributed by atoms with Gasteiger partial charge in [0.1, 0.15) is 17.8 Å². The Balaban J connectivity index is 1.66. The number of methoxy groups -OCH3 is 1. The van der Waals surface area contributed by atoms with E-state index in [2.05, 4.69) is 16.0 Å². The molecule has 3 aromatic rings. The third-order valence-corrected chi connectivity index (χ3v) is 8.51. The Morgan fingerprint density at radius 1 is 0.851 bits per heavy atom. The van der Waals surface area contributed by atoms with Crippen LogP contribution in [0.15, 0.2) is 72.8 Å². The molecule has 0 aromatic heterocycles. The van der Waals surface area contributed by atoms with Gasteiger partial charge in [0.2, 0.25) is 17.7 Å². The molecule has 8 nitrogen and oxygen atoms in total. The number of ether oxygens (including phenoxy) is 1. The van der Waals surface area contributed by atoms with Gasteiger partial charge < -0.3 is 20.7 Å². The lowest BCUT2D eigenvalue weighted by Gasteiger charge is -2.28. The third-order valence-electron chi connectivity index (χ3n) is 8.04. The van der Waals surface area contributed by atoms with E-state index in [0.717, 1.165) is 0 Å². The third kappa shape index (κ3) is 8.84. The molecule has 13 heteroatoms. The van der Waals surface area contributed by atoms with Crippen LogP contribution in [0.25, 0.3) is 0 Å². The summed E-state index contributed by atoms with van der Waals surface area (Å²) in [5.74, 6) is -4.89. The van der Waals surface area contributed by atoms with Crippen LogP contribution in [0, 0.1) is 5.92 Å². The molecule has 0 radical (unpaired) electrons. The van der Waals surface area contributed by atoms with Gasteiger partial charge in [0.25, 0.3) is 5.78 Å². The number of nitrogens with one attached hydrogen (secondary N) is 3. The lowest BCUT2D eigenvalue weighted by Crippen LogP contribution is -2.55. The van der Waals surface area contributed by atoms with Crippen LogP contribution in [0.2, 0.25) is 10.0 Å². The Hall–Kier alpha value is -4.09. The van der Waals surface area contributed by atoms with Gasteiger partial charge in [0.05, 0.1) is 18.6 Å². The van der Waals surface area contributed by atoms with E-state index in [-0.39, 0.29) is 12.0 Å². The van der Waals surface area contributed by atoms with Gasteiger partial charge in [-0.1, -0.05) is 73.4 Å². The summed E-state index contributed by atoms with van der Waals surface area (Å²) >= 11 is 12.4. The maximum atomic E-state index is 14.0. The maximum Gasteiger partial charge on any atom is 0.452 e. The van der Waals surface area contributed by atoms with Gasteiger partial charge in [-0.3, -0.25) is 19.2 Å². The number of halogens is 5. The van der Waals surface area contributed by atoms with Crippen molar-refractivity contribution < 1.29 is 37.1 Å². The number of carbonyl (C=O) groups is 4. The normalized spacial score (nSPS) is 15.6. The van der Waals surface area contributed by atoms with Crippen molar-refractivity contribution in [1.29, 1.82) is 0 Å². The predicted molar refractivity (Wildman–Crippen MR) is 171 cm³/mol. The molecule has 47 heavy (non-hydrogen) atoms. The molecule has 0 aliphatic heterocycles. The first-order chi connectivity index (χ1) is 22.1. The number of rotatable bonds is 13. The number of hydrogen-bond donors (Lipinski definition) is 3. The maximum absolute atomic E-state index is 14.0. The minimum absolute atomic E-state index is 0.0259. The summed E-state index contributed by atoms with van der Waals surface area (Å²) in [7, 11) is 1.43. The number of Topliss-reactive ketones (excluding diaryl/α,β-unsaturated/α-hetero) is 1. The number of alkyl halides is 3. The van der Waals surface area contributed by atoms with Crippen molar-refractivity contribution in [3.05, 3.63) is 99.5 Å². The highest BCUT2D eigenvalue weighted by Gasteiger charge is 2.52. The monoisotopic (exact) mass is 691 g/mol. The molecule has 1 saturated carbocycles. The lowest BCUT2D eigenvalue weighted by molar-refractivity contribution is -0.175. The van der Waals surface area contributed by atoms with Gasteiger partial charge in [-0.05, 0) is 71.8 Å². The molecule has 4 rings (SSSR count). The van der Waals surface area contributed by atoms with Gasteiger partial charge in [-0.2, -0.15) is 13.2 Å². The van der Waals surface area contributed by atoms with E-state index in [1.54, 1.807) is 48.5 Å². The molecule has 3 N–H and O–H groups in total. The Labute approximate surface area is 280 Å². The SMILES string of the molecule is COc1ccc([C@H](NC(=O)[C@H](Cc2cccc(Cl)c2)NC(=O)C2(c3cccc(Cl)c3)CC2)C(=O)N[C@H](C(=O)C(F)(F)F)C(C)C)cc1. The fourth-order valence-electron chi connectivity index (χ4n) is 5.25. The number of carbonyl (C=O) groups excluding carboxylic acids is 4. The van der Waals surface area contributed by atoms with Gasteiger partial charge in [0.15, 0.2) is 0 Å². The molecule has 1 aliphatic rings. The highest BCUT2D eigenvalue weighted by Crippen LogP contribution is 2.49. The Morgan fingerprint density at radius 3 is 2.00 bits per heavy atom. The first-order valence-electron chi connectivity index (χ1n) is 14.8. The van der Waals surface area contributed by atoms with E-state index in [9.17, 15) is 32.3 Å². The zero-order chi connectivity index (χ0) is 34.5. The fourth-order valence-corrected chi connectivity index (χ4v) is 5.65. The van der Waals surface area contributed by atoms with E-state index in [0.29, 0.717) is 39.8 Å². The van der Waals surface area contributed by atoms with Gasteiger partial charge in [0, 0.05) is 16.5 Å². The largest absolute Gasteiger partial charge is 0.497 e. The van der Waals surface area contributed by atoms with Crippen molar-refractivity contribution in [2.75, 3.05) is 7.11 Å². The van der Waals surface area contributed by atoms with Crippen LogP contribution < -0.4 is 20.7 Å². The molecule has 0 spiro atoms. The Kier molecular flexibility index (Phi) is 11.2. The van der Waals surface area contributed by atoms with Crippen molar-refractivity contribution in [3.8, 4) is 5.75 Å². The second kappa shape index (κ2) is 14.8. The van der Waals surface area contributed by atoms with Crippen molar-refractivity contribution in [1.82, 2.24) is 16.0 Å². The van der Waals surface area contributed by atoms with Gasteiger partial charge in [-0.15, -0.1) is 0 Å². The first kappa shape index (κ1) is 35.8. The van der Waals surface area contributed by atoms with Crippen LogP contribution in [0.3, 0.4) is 0 Å². The molecule has 0 unspecified atom stereocenters. The van der Waals surface area contributed by atoms with Crippen molar-refractivity contribution in [3.63, 3.8) is 0 Å². The number of benzene rings is 3. The standard InChI is InChI=1S/C34H34Cl2F3N3O5/c1-19(2)27(29(43)34(37,38)39)41-31(45)28(21-10-12-25(47-3)13-11-21)42-30(44)26(17-20-6-4-8-23(35)16-20)40-32(46)33(14-15-33)22-7-5-9-24(36)18-22/h4-13,16,18-19,26-28H,14-15,17H2,1-3H3,(H,40,46)(H,41,45)(H,42,44)/t26-,27-,28-/m0/s1. The molecular formula is C34H34Cl2F3N3O5. The minimum atomic E-state index is -5.20. The average molecular weight is 693 g/mol. The highest BCUT2D eigenvalue weighted by molar-refractivity contribution is 6.31. The number of amides is 3. The zero-order valence-electron chi connectivity index (χ0n) is 25.8. The average Bonchev–Trinajstić information content (AvgIpc) is 3.83. The highest BCUT2D eigenvalue weighted by atomic mass is 35.5. The van der Waals surface area contributed by atoms with Crippen molar-refractivity contribution in [2.24, 2.45) is 5.92 Å². The molecule has 0 heterocycles. The smallest absolute Gasteiger partial charge is 0.452 e. The quantitative estimate of drug-likeness (QED) is 0.207. The summed E-state index contributed by atoms with van der Waals surface area (Å²) in [4.78, 5) is 53.6. The van der Waals surface area contributed by atoms with Crippen LogP contribution in [0.4, 0.5) is 13.2 Å². The van der Waals surface area contributed by atoms with Crippen LogP contribution in [-0.2, 0) is 31.0 Å². The first-order valence-corrected chi connectivity index (χ1v) is 15.6. The topological polar surface area (TPSA) is 114 Å².